The summed E-state index contributed by atoms with van der Waals surface area (Å²) in [4.78, 5) is 49.8. The van der Waals surface area contributed by atoms with Gasteiger partial charge in [-0.3, -0.25) is 29.6 Å². The highest BCUT2D eigenvalue weighted by Gasteiger charge is 2.31. The third-order valence-electron chi connectivity index (χ3n) is 10.6. The minimum Gasteiger partial charge on any atom is -0.496 e. The summed E-state index contributed by atoms with van der Waals surface area (Å²) in [5, 5.41) is 7.60. The lowest BCUT2D eigenvalue weighted by Gasteiger charge is -2.41. The van der Waals surface area contributed by atoms with Crippen molar-refractivity contribution in [3.05, 3.63) is 76.1 Å². The fourth-order valence-corrected chi connectivity index (χ4v) is 8.02. The van der Waals surface area contributed by atoms with Gasteiger partial charge in [-0.1, -0.05) is 11.6 Å². The molecule has 1 atom stereocenters. The lowest BCUT2D eigenvalue weighted by molar-refractivity contribution is -0.133. The van der Waals surface area contributed by atoms with E-state index in [-0.39, 0.29) is 17.4 Å². The van der Waals surface area contributed by atoms with Gasteiger partial charge in [0.05, 0.1) is 24.4 Å². The molecular formula is C37H42ClN7O4. The number of amides is 2. The van der Waals surface area contributed by atoms with Gasteiger partial charge in [0.2, 0.25) is 11.8 Å². The molecule has 0 spiro atoms. The molecule has 6 heterocycles. The zero-order chi connectivity index (χ0) is 34.1. The summed E-state index contributed by atoms with van der Waals surface area (Å²) in [7, 11) is 3.43. The first-order valence-electron chi connectivity index (χ1n) is 17.1. The second-order valence-electron chi connectivity index (χ2n) is 13.5. The third-order valence-corrected chi connectivity index (χ3v) is 10.9. The number of nitrogens with zero attached hydrogens (tertiary/aromatic N) is 5. The molecule has 0 bridgehead atoms. The fraction of sp³-hybridized carbons (Fsp3) is 0.432. The highest BCUT2D eigenvalue weighted by Crippen LogP contribution is 2.38. The summed E-state index contributed by atoms with van der Waals surface area (Å²) >= 11 is 6.96. The van der Waals surface area contributed by atoms with Crippen molar-refractivity contribution in [3.63, 3.8) is 0 Å². The summed E-state index contributed by atoms with van der Waals surface area (Å²) < 4.78 is 7.46. The van der Waals surface area contributed by atoms with Crippen LogP contribution in [0.2, 0.25) is 5.02 Å². The van der Waals surface area contributed by atoms with E-state index in [1.54, 1.807) is 31.1 Å². The zero-order valence-corrected chi connectivity index (χ0v) is 28.7. The Morgan fingerprint density at radius 2 is 1.71 bits per heavy atom. The van der Waals surface area contributed by atoms with Crippen molar-refractivity contribution in [2.24, 2.45) is 18.9 Å². The van der Waals surface area contributed by atoms with Gasteiger partial charge in [-0.25, -0.2) is 4.98 Å². The highest BCUT2D eigenvalue weighted by atomic mass is 35.5. The molecule has 3 saturated heterocycles. The Morgan fingerprint density at radius 3 is 2.41 bits per heavy atom. The van der Waals surface area contributed by atoms with Crippen molar-refractivity contribution in [1.82, 2.24) is 24.8 Å². The van der Waals surface area contributed by atoms with E-state index < -0.39 is 6.04 Å². The average molecular weight is 684 g/mol. The number of methoxy groups -OCH3 is 1. The van der Waals surface area contributed by atoms with E-state index in [1.807, 2.05) is 36.7 Å². The summed E-state index contributed by atoms with van der Waals surface area (Å²) in [6.45, 7) is 4.79. The average Bonchev–Trinajstić information content (AvgIpc) is 3.12. The number of hydrogen-bond acceptors (Lipinski definition) is 9. The lowest BCUT2D eigenvalue weighted by atomic mass is 9.78. The maximum Gasteiger partial charge on any atom is 0.259 e. The second-order valence-corrected chi connectivity index (χ2v) is 13.9. The number of rotatable bonds is 8. The van der Waals surface area contributed by atoms with Crippen molar-refractivity contribution in [1.29, 1.82) is 0 Å². The van der Waals surface area contributed by atoms with Crippen LogP contribution in [-0.2, 0) is 23.2 Å². The van der Waals surface area contributed by atoms with Crippen LogP contribution >= 0.6 is 11.6 Å². The molecule has 1 unspecified atom stereocenters. The summed E-state index contributed by atoms with van der Waals surface area (Å²) in [5.74, 6) is 2.31. The van der Waals surface area contributed by atoms with E-state index in [2.05, 4.69) is 36.5 Å². The number of nitrogens with one attached hydrogen (secondary N) is 2. The third kappa shape index (κ3) is 7.00. The number of anilines is 2. The molecule has 3 aromatic heterocycles. The number of benzene rings is 1. The molecule has 12 heteroatoms. The topological polar surface area (TPSA) is 122 Å². The van der Waals surface area contributed by atoms with Crippen LogP contribution in [0.1, 0.15) is 44.1 Å². The van der Waals surface area contributed by atoms with E-state index in [0.717, 1.165) is 79.1 Å². The van der Waals surface area contributed by atoms with Gasteiger partial charge in [-0.05, 0) is 98.3 Å². The van der Waals surface area contributed by atoms with Crippen LogP contribution in [0.15, 0.2) is 59.9 Å². The van der Waals surface area contributed by atoms with Crippen LogP contribution in [0.4, 0.5) is 11.5 Å². The number of piperidine rings is 3. The van der Waals surface area contributed by atoms with Gasteiger partial charge in [0, 0.05) is 67.8 Å². The summed E-state index contributed by atoms with van der Waals surface area (Å²) in [6, 6.07) is 9.43. The number of hydrogen-bond donors (Lipinski definition) is 2. The van der Waals surface area contributed by atoms with Crippen LogP contribution < -0.4 is 25.8 Å². The number of fused-ring (bicyclic) bond motifs is 1. The van der Waals surface area contributed by atoms with E-state index in [1.165, 1.54) is 12.8 Å². The largest absolute Gasteiger partial charge is 0.496 e. The minimum atomic E-state index is -0.435. The van der Waals surface area contributed by atoms with Gasteiger partial charge in [0.1, 0.15) is 17.6 Å². The van der Waals surface area contributed by atoms with Crippen molar-refractivity contribution >= 4 is 45.7 Å². The minimum absolute atomic E-state index is 0.0827. The molecule has 3 aliphatic rings. The van der Waals surface area contributed by atoms with Gasteiger partial charge in [-0.2, -0.15) is 0 Å². The van der Waals surface area contributed by atoms with Gasteiger partial charge in [-0.15, -0.1) is 0 Å². The van der Waals surface area contributed by atoms with Crippen molar-refractivity contribution in [2.45, 2.75) is 51.1 Å². The zero-order valence-electron chi connectivity index (χ0n) is 28.0. The van der Waals surface area contributed by atoms with Crippen LogP contribution in [0, 0.1) is 11.8 Å². The first-order chi connectivity index (χ1) is 23.8. The maximum atomic E-state index is 12.7. The Labute approximate surface area is 290 Å². The SMILES string of the molecule is COc1cc(-c2cn(C)c(=O)c3cnccc23)cc(Cl)c1CN1CCC(C2CCN(c3ccc(NC4CCC(=O)NC4=O)nc3)CC2)CC1. The Bertz CT molecular complexity index is 1910. The predicted molar refractivity (Wildman–Crippen MR) is 191 cm³/mol. The fourth-order valence-electron chi connectivity index (χ4n) is 7.75. The molecule has 0 aliphatic carbocycles. The number of carbonyl (C=O) groups excluding carboxylic acids is 2. The first kappa shape index (κ1) is 33.0. The van der Waals surface area contributed by atoms with Crippen molar-refractivity contribution in [2.75, 3.05) is 43.5 Å². The number of imide groups is 1. The van der Waals surface area contributed by atoms with E-state index in [0.29, 0.717) is 40.9 Å². The molecule has 2 amide bonds. The molecule has 3 aliphatic heterocycles. The number of aromatic nitrogens is 3. The molecule has 11 nitrogen and oxygen atoms in total. The highest BCUT2D eigenvalue weighted by molar-refractivity contribution is 6.32. The van der Waals surface area contributed by atoms with Gasteiger partial charge in [0.15, 0.2) is 0 Å². The van der Waals surface area contributed by atoms with Crippen LogP contribution in [0.3, 0.4) is 0 Å². The van der Waals surface area contributed by atoms with Crippen molar-refractivity contribution < 1.29 is 14.3 Å². The summed E-state index contributed by atoms with van der Waals surface area (Å²) in [6.07, 6.45) is 12.5. The molecule has 3 fully saturated rings. The number of aryl methyl sites for hydroxylation is 1. The maximum absolute atomic E-state index is 12.7. The normalized spacial score (nSPS) is 19.7. The van der Waals surface area contributed by atoms with Gasteiger partial charge in [0.25, 0.3) is 5.56 Å². The Hall–Kier alpha value is -4.48. The van der Waals surface area contributed by atoms with Crippen LogP contribution in [-0.4, -0.2) is 70.6 Å². The molecule has 49 heavy (non-hydrogen) atoms. The molecule has 256 valence electrons. The monoisotopic (exact) mass is 683 g/mol. The molecule has 4 aromatic rings. The molecule has 0 saturated carbocycles. The standard InChI is InChI=1S/C37H42ClN7O4/c1-43-21-29(27-7-12-39-20-28(27)37(43)48)25-17-31(38)30(33(18-25)49-2)22-44-13-8-23(9-14-44)24-10-15-45(16-11-24)26-3-5-34(40-19-26)41-32-4-6-35(46)42-36(32)47/h3,5,7,12,17-21,23-24,32H,4,6,8-11,13-16,22H2,1-2H3,(H,40,41)(H,42,46,47). The van der Waals surface area contributed by atoms with Crippen LogP contribution in [0.25, 0.3) is 21.9 Å². The van der Waals surface area contributed by atoms with Gasteiger partial charge < -0.3 is 19.5 Å². The first-order valence-corrected chi connectivity index (χ1v) is 17.5. The number of carbonyl (C=O) groups is 2. The van der Waals surface area contributed by atoms with Gasteiger partial charge >= 0.3 is 0 Å². The van der Waals surface area contributed by atoms with E-state index in [4.69, 9.17) is 16.3 Å². The Morgan fingerprint density at radius 1 is 0.959 bits per heavy atom. The second kappa shape index (κ2) is 14.2. The molecule has 2 N–H and O–H groups in total. The Kier molecular flexibility index (Phi) is 9.55. The van der Waals surface area contributed by atoms with Crippen LogP contribution in [0.5, 0.6) is 5.75 Å². The van der Waals surface area contributed by atoms with E-state index in [9.17, 15) is 14.4 Å². The molecular weight excluding hydrogens is 642 g/mol. The number of halogens is 1. The number of ether oxygens (including phenoxy) is 1. The predicted octanol–water partition coefficient (Wildman–Crippen LogP) is 5.00. The quantitative estimate of drug-likeness (QED) is 0.247. The number of pyridine rings is 3. The molecule has 0 radical (unpaired) electrons. The Balaban J connectivity index is 0.930. The smallest absolute Gasteiger partial charge is 0.259 e. The van der Waals surface area contributed by atoms with E-state index >= 15 is 0 Å². The van der Waals surface area contributed by atoms with Crippen molar-refractivity contribution in [3.8, 4) is 16.9 Å². The summed E-state index contributed by atoms with van der Waals surface area (Å²) in [5.41, 5.74) is 3.81. The molecule has 7 rings (SSSR count). The molecule has 1 aromatic carbocycles. The lowest BCUT2D eigenvalue weighted by Crippen LogP contribution is -2.47. The number of likely N-dealkylation sites (tertiary alicyclic amines) is 1.